The minimum absolute atomic E-state index is 0.0332. The van der Waals surface area contributed by atoms with Crippen LogP contribution >= 0.6 is 0 Å². The minimum Gasteiger partial charge on any atom is -0.355 e. The number of nitrogens with one attached hydrogen (secondary N) is 2. The zero-order valence-corrected chi connectivity index (χ0v) is 16.2. The average Bonchev–Trinajstić information content (AvgIpc) is 2.71. The molecule has 8 nitrogen and oxygen atoms in total. The molecule has 0 bridgehead atoms. The van der Waals surface area contributed by atoms with Crippen LogP contribution in [0, 0.1) is 10.1 Å². The minimum atomic E-state index is -3.90. The maximum atomic E-state index is 12.2. The van der Waals surface area contributed by atoms with E-state index >= 15 is 0 Å². The Morgan fingerprint density at radius 1 is 0.931 bits per heavy atom. The van der Waals surface area contributed by atoms with Crippen LogP contribution in [0.1, 0.15) is 5.56 Å². The molecule has 2 N–H and O–H groups in total. The summed E-state index contributed by atoms with van der Waals surface area (Å²) in [4.78, 5) is 22.0. The zero-order chi connectivity index (χ0) is 20.9. The summed E-state index contributed by atoms with van der Waals surface area (Å²) in [6, 6.07) is 18.4. The Balaban J connectivity index is 1.50. The van der Waals surface area contributed by atoms with E-state index in [2.05, 4.69) is 10.0 Å². The molecule has 0 saturated heterocycles. The van der Waals surface area contributed by atoms with Gasteiger partial charge in [0.15, 0.2) is 0 Å². The highest BCUT2D eigenvalue weighted by Crippen LogP contribution is 2.17. The van der Waals surface area contributed by atoms with Gasteiger partial charge < -0.3 is 5.32 Å². The number of amides is 1. The molecule has 3 aromatic rings. The van der Waals surface area contributed by atoms with Crippen molar-refractivity contribution in [3.8, 4) is 0 Å². The summed E-state index contributed by atoms with van der Waals surface area (Å²) in [5.74, 6) is -0.227. The van der Waals surface area contributed by atoms with Gasteiger partial charge in [-0.2, -0.15) is 0 Å². The molecule has 0 spiro atoms. The highest BCUT2D eigenvalue weighted by atomic mass is 32.2. The first-order chi connectivity index (χ1) is 13.8. The molecule has 9 heteroatoms. The number of nitro groups is 1. The van der Waals surface area contributed by atoms with Crippen LogP contribution in [0.5, 0.6) is 0 Å². The molecule has 29 heavy (non-hydrogen) atoms. The van der Waals surface area contributed by atoms with E-state index in [4.69, 9.17) is 0 Å². The van der Waals surface area contributed by atoms with Gasteiger partial charge in [0.1, 0.15) is 0 Å². The molecule has 1 amide bonds. The fraction of sp³-hybridized carbons (Fsp3) is 0.150. The lowest BCUT2D eigenvalue weighted by atomic mass is 10.1. The Bertz CT molecular complexity index is 1160. The third-order valence-electron chi connectivity index (χ3n) is 4.26. The number of carbonyl (C=O) groups excluding carboxylic acids is 1. The molecular formula is C20H19N3O5S. The molecule has 0 fully saturated rings. The summed E-state index contributed by atoms with van der Waals surface area (Å²) in [5.41, 5.74) is 0.551. The fourth-order valence-electron chi connectivity index (χ4n) is 2.83. The first kappa shape index (κ1) is 20.4. The summed E-state index contributed by atoms with van der Waals surface area (Å²) in [5, 5.41) is 15.6. The van der Waals surface area contributed by atoms with Crippen LogP contribution in [-0.2, 0) is 21.2 Å². The van der Waals surface area contributed by atoms with Gasteiger partial charge in [-0.05, 0) is 22.4 Å². The normalized spacial score (nSPS) is 11.3. The Morgan fingerprint density at radius 3 is 2.45 bits per heavy atom. The third-order valence-corrected chi connectivity index (χ3v) is 5.72. The number of fused-ring (bicyclic) bond motifs is 1. The van der Waals surface area contributed by atoms with Crippen LogP contribution in [0.4, 0.5) is 5.69 Å². The van der Waals surface area contributed by atoms with Gasteiger partial charge in [-0.3, -0.25) is 14.9 Å². The Morgan fingerprint density at radius 2 is 1.69 bits per heavy atom. The highest BCUT2D eigenvalue weighted by Gasteiger charge is 2.17. The number of non-ortho nitro benzene ring substituents is 1. The molecule has 0 aliphatic heterocycles. The van der Waals surface area contributed by atoms with Crippen LogP contribution in [0.3, 0.4) is 0 Å². The van der Waals surface area contributed by atoms with Crippen molar-refractivity contribution in [2.75, 3.05) is 13.1 Å². The van der Waals surface area contributed by atoms with Gasteiger partial charge in [-0.15, -0.1) is 0 Å². The molecule has 0 atom stereocenters. The van der Waals surface area contributed by atoms with E-state index in [0.717, 1.165) is 22.4 Å². The van der Waals surface area contributed by atoms with Gasteiger partial charge in [-0.1, -0.05) is 48.5 Å². The van der Waals surface area contributed by atoms with Crippen molar-refractivity contribution < 1.29 is 18.1 Å². The van der Waals surface area contributed by atoms with Crippen LogP contribution < -0.4 is 10.0 Å². The van der Waals surface area contributed by atoms with Crippen molar-refractivity contribution in [3.05, 3.63) is 82.4 Å². The predicted octanol–water partition coefficient (Wildman–Crippen LogP) is 2.39. The van der Waals surface area contributed by atoms with Gasteiger partial charge in [0, 0.05) is 25.2 Å². The topological polar surface area (TPSA) is 118 Å². The molecule has 0 aliphatic carbocycles. The molecule has 0 unspecified atom stereocenters. The Hall–Kier alpha value is -3.30. The Labute approximate surface area is 167 Å². The molecule has 3 aromatic carbocycles. The molecule has 0 radical (unpaired) electrons. The molecular weight excluding hydrogens is 394 g/mol. The second kappa shape index (κ2) is 8.80. The molecule has 150 valence electrons. The first-order valence-corrected chi connectivity index (χ1v) is 10.3. The summed E-state index contributed by atoms with van der Waals surface area (Å²) < 4.78 is 26.8. The number of carbonyl (C=O) groups is 1. The number of hydrogen-bond donors (Lipinski definition) is 2. The SMILES string of the molecule is O=C(Cc1ccc2ccccc2c1)NCCNS(=O)(=O)c1cccc([N+](=O)[O-])c1. The summed E-state index contributed by atoms with van der Waals surface area (Å²) in [7, 11) is -3.90. The maximum Gasteiger partial charge on any atom is 0.270 e. The van der Waals surface area contributed by atoms with Crippen LogP contribution in [0.25, 0.3) is 10.8 Å². The van der Waals surface area contributed by atoms with Crippen molar-refractivity contribution in [2.45, 2.75) is 11.3 Å². The number of sulfonamides is 1. The van der Waals surface area contributed by atoms with Crippen molar-refractivity contribution in [1.82, 2.24) is 10.0 Å². The molecule has 0 saturated carbocycles. The number of hydrogen-bond acceptors (Lipinski definition) is 5. The van der Waals surface area contributed by atoms with E-state index in [-0.39, 0.29) is 36.0 Å². The van der Waals surface area contributed by atoms with Crippen molar-refractivity contribution in [1.29, 1.82) is 0 Å². The van der Waals surface area contributed by atoms with E-state index in [1.54, 1.807) is 0 Å². The van der Waals surface area contributed by atoms with Crippen LogP contribution in [0.15, 0.2) is 71.6 Å². The number of rotatable bonds is 8. The molecule has 0 aromatic heterocycles. The van der Waals surface area contributed by atoms with E-state index in [0.29, 0.717) is 0 Å². The van der Waals surface area contributed by atoms with Gasteiger partial charge in [-0.25, -0.2) is 13.1 Å². The second-order valence-electron chi connectivity index (χ2n) is 6.36. The van der Waals surface area contributed by atoms with E-state index in [9.17, 15) is 23.3 Å². The summed E-state index contributed by atoms with van der Waals surface area (Å²) >= 11 is 0. The zero-order valence-electron chi connectivity index (χ0n) is 15.4. The monoisotopic (exact) mass is 413 g/mol. The van der Waals surface area contributed by atoms with E-state index in [1.165, 1.54) is 18.2 Å². The lowest BCUT2D eigenvalue weighted by Crippen LogP contribution is -2.35. The van der Waals surface area contributed by atoms with Gasteiger partial charge in [0.25, 0.3) is 5.69 Å². The Kier molecular flexibility index (Phi) is 6.20. The van der Waals surface area contributed by atoms with E-state index < -0.39 is 14.9 Å². The van der Waals surface area contributed by atoms with Gasteiger partial charge >= 0.3 is 0 Å². The van der Waals surface area contributed by atoms with Crippen molar-refractivity contribution in [3.63, 3.8) is 0 Å². The smallest absolute Gasteiger partial charge is 0.270 e. The standard InChI is InChI=1S/C20H19N3O5S/c24-20(13-15-8-9-16-4-1-2-5-17(16)12-15)21-10-11-22-29(27,28)19-7-3-6-18(14-19)23(25)26/h1-9,12,14,22H,10-11,13H2,(H,21,24). The predicted molar refractivity (Wildman–Crippen MR) is 109 cm³/mol. The van der Waals surface area contributed by atoms with E-state index in [1.807, 2.05) is 42.5 Å². The second-order valence-corrected chi connectivity index (χ2v) is 8.13. The highest BCUT2D eigenvalue weighted by molar-refractivity contribution is 7.89. The molecule has 0 aliphatic rings. The number of nitro benzene ring substituents is 1. The first-order valence-electron chi connectivity index (χ1n) is 8.84. The fourth-order valence-corrected chi connectivity index (χ4v) is 3.90. The average molecular weight is 413 g/mol. The largest absolute Gasteiger partial charge is 0.355 e. The molecule has 0 heterocycles. The lowest BCUT2D eigenvalue weighted by molar-refractivity contribution is -0.385. The van der Waals surface area contributed by atoms with Crippen molar-refractivity contribution >= 4 is 32.4 Å². The van der Waals surface area contributed by atoms with Crippen molar-refractivity contribution in [2.24, 2.45) is 0 Å². The van der Waals surface area contributed by atoms with Crippen LogP contribution in [-0.4, -0.2) is 32.3 Å². The summed E-state index contributed by atoms with van der Waals surface area (Å²) in [6.45, 7) is 0.0645. The number of benzene rings is 3. The van der Waals surface area contributed by atoms with Gasteiger partial charge in [0.05, 0.1) is 16.2 Å². The quantitative estimate of drug-likeness (QED) is 0.334. The number of nitrogens with zero attached hydrogens (tertiary/aromatic N) is 1. The van der Waals surface area contributed by atoms with Gasteiger partial charge in [0.2, 0.25) is 15.9 Å². The third kappa shape index (κ3) is 5.37. The lowest BCUT2D eigenvalue weighted by Gasteiger charge is -2.09. The molecule has 3 rings (SSSR count). The summed E-state index contributed by atoms with van der Waals surface area (Å²) in [6.07, 6.45) is 0.183. The van der Waals surface area contributed by atoms with Crippen LogP contribution in [0.2, 0.25) is 0 Å². The maximum absolute atomic E-state index is 12.2.